The topological polar surface area (TPSA) is 58.6 Å². The highest BCUT2D eigenvalue weighted by atomic mass is 35.5. The molecule has 5 nitrogen and oxygen atoms in total. The van der Waals surface area contributed by atoms with Gasteiger partial charge in [-0.15, -0.1) is 11.3 Å². The number of likely N-dealkylation sites (tertiary alicyclic amines) is 1. The van der Waals surface area contributed by atoms with Crippen LogP contribution in [0.5, 0.6) is 5.75 Å². The number of hydrogen-bond donors (Lipinski definition) is 1. The fourth-order valence-corrected chi connectivity index (χ4v) is 4.46. The number of ketones is 1. The number of methoxy groups -OCH3 is 1. The first kappa shape index (κ1) is 20.8. The number of nitrogens with zero attached hydrogens (tertiary/aromatic N) is 1. The number of halogens is 1. The second-order valence-electron chi connectivity index (χ2n) is 6.86. The second-order valence-corrected chi connectivity index (χ2v) is 8.58. The van der Waals surface area contributed by atoms with Crippen LogP contribution in [0.15, 0.2) is 36.4 Å². The lowest BCUT2D eigenvalue weighted by molar-refractivity contribution is -0.121. The van der Waals surface area contributed by atoms with Gasteiger partial charge >= 0.3 is 0 Å². The number of hydrogen-bond acceptors (Lipinski definition) is 5. The minimum Gasteiger partial charge on any atom is -0.497 e. The molecule has 0 saturated carbocycles. The van der Waals surface area contributed by atoms with E-state index in [0.29, 0.717) is 15.8 Å². The van der Waals surface area contributed by atoms with Gasteiger partial charge in [0.2, 0.25) is 5.91 Å². The number of carbonyl (C=O) groups is 2. The lowest BCUT2D eigenvalue weighted by Crippen LogP contribution is -2.36. The summed E-state index contributed by atoms with van der Waals surface area (Å²) < 4.78 is 5.83. The van der Waals surface area contributed by atoms with E-state index in [1.807, 2.05) is 12.1 Å². The van der Waals surface area contributed by atoms with E-state index in [2.05, 4.69) is 22.3 Å². The molecule has 28 heavy (non-hydrogen) atoms. The van der Waals surface area contributed by atoms with Crippen LogP contribution in [0.2, 0.25) is 4.34 Å². The van der Waals surface area contributed by atoms with Crippen LogP contribution in [-0.4, -0.2) is 43.3 Å². The van der Waals surface area contributed by atoms with Crippen LogP contribution in [0.3, 0.4) is 0 Å². The van der Waals surface area contributed by atoms with Gasteiger partial charge in [-0.05, 0) is 55.8 Å². The lowest BCUT2D eigenvalue weighted by atomic mass is 10.0. The van der Waals surface area contributed by atoms with Crippen LogP contribution in [-0.2, 0) is 4.79 Å². The van der Waals surface area contributed by atoms with Crippen molar-refractivity contribution in [3.05, 3.63) is 51.2 Å². The number of amides is 1. The molecule has 1 fully saturated rings. The van der Waals surface area contributed by atoms with Crippen LogP contribution in [0.4, 0.5) is 0 Å². The summed E-state index contributed by atoms with van der Waals surface area (Å²) in [5, 5.41) is 3.01. The molecule has 1 atom stereocenters. The summed E-state index contributed by atoms with van der Waals surface area (Å²) >= 11 is 7.12. The average molecular weight is 421 g/mol. The van der Waals surface area contributed by atoms with Crippen LogP contribution in [0, 0.1) is 0 Å². The molecule has 0 aliphatic carbocycles. The van der Waals surface area contributed by atoms with Crippen molar-refractivity contribution in [1.82, 2.24) is 10.2 Å². The molecule has 1 aliphatic rings. The predicted octanol–water partition coefficient (Wildman–Crippen LogP) is 4.33. The Morgan fingerprint density at radius 2 is 1.86 bits per heavy atom. The summed E-state index contributed by atoms with van der Waals surface area (Å²) in [7, 11) is 1.65. The molecule has 0 bridgehead atoms. The van der Waals surface area contributed by atoms with E-state index < -0.39 is 0 Å². The minimum absolute atomic E-state index is 0.0432. The Balaban J connectivity index is 1.55. The third-order valence-electron chi connectivity index (χ3n) is 5.00. The fourth-order valence-electron chi connectivity index (χ4n) is 3.45. The number of benzene rings is 1. The zero-order chi connectivity index (χ0) is 19.9. The molecule has 1 aliphatic heterocycles. The first-order valence-corrected chi connectivity index (χ1v) is 10.7. The summed E-state index contributed by atoms with van der Waals surface area (Å²) in [6.45, 7) is 2.60. The number of carbonyl (C=O) groups excluding carboxylic acids is 2. The van der Waals surface area contributed by atoms with Crippen LogP contribution < -0.4 is 10.1 Å². The van der Waals surface area contributed by atoms with Crippen molar-refractivity contribution in [2.24, 2.45) is 0 Å². The molecule has 1 N–H and O–H groups in total. The summed E-state index contributed by atoms with van der Waals surface area (Å²) in [6, 6.07) is 11.5. The van der Waals surface area contributed by atoms with E-state index in [1.54, 1.807) is 19.2 Å². The number of thiophene rings is 1. The van der Waals surface area contributed by atoms with Crippen molar-refractivity contribution < 1.29 is 14.3 Å². The fraction of sp³-hybridized carbons (Fsp3) is 0.429. The molecule has 2 aromatic rings. The Morgan fingerprint density at radius 3 is 2.46 bits per heavy atom. The Bertz CT molecular complexity index is 800. The van der Waals surface area contributed by atoms with Crippen LogP contribution in [0.25, 0.3) is 0 Å². The Labute approximate surface area is 174 Å². The van der Waals surface area contributed by atoms with Gasteiger partial charge in [0.05, 0.1) is 22.4 Å². The van der Waals surface area contributed by atoms with E-state index in [0.717, 1.165) is 24.4 Å². The molecule has 0 radical (unpaired) electrons. The van der Waals surface area contributed by atoms with E-state index >= 15 is 0 Å². The van der Waals surface area contributed by atoms with Gasteiger partial charge in [0.15, 0.2) is 5.78 Å². The smallest absolute Gasteiger partial charge is 0.220 e. The molecule has 1 amide bonds. The Morgan fingerprint density at radius 1 is 1.14 bits per heavy atom. The molecule has 1 aromatic carbocycles. The first-order valence-electron chi connectivity index (χ1n) is 9.50. The minimum atomic E-state index is -0.103. The molecule has 1 aromatic heterocycles. The zero-order valence-corrected chi connectivity index (χ0v) is 17.5. The molecular weight excluding hydrogens is 396 g/mol. The highest BCUT2D eigenvalue weighted by Crippen LogP contribution is 2.26. The Hall–Kier alpha value is -1.89. The summed E-state index contributed by atoms with van der Waals surface area (Å²) in [4.78, 5) is 27.5. The highest BCUT2D eigenvalue weighted by Gasteiger charge is 2.24. The van der Waals surface area contributed by atoms with E-state index in [4.69, 9.17) is 16.3 Å². The largest absolute Gasteiger partial charge is 0.497 e. The van der Waals surface area contributed by atoms with E-state index in [1.165, 1.54) is 24.2 Å². The quantitative estimate of drug-likeness (QED) is 0.613. The third kappa shape index (κ3) is 5.56. The van der Waals surface area contributed by atoms with Gasteiger partial charge in [0.1, 0.15) is 5.75 Å². The summed E-state index contributed by atoms with van der Waals surface area (Å²) in [6.07, 6.45) is 2.74. The van der Waals surface area contributed by atoms with Gasteiger partial charge in [0, 0.05) is 19.4 Å². The summed E-state index contributed by atoms with van der Waals surface area (Å²) in [5.41, 5.74) is 1.16. The molecular formula is C21H25ClN2O3S. The predicted molar refractivity (Wildman–Crippen MR) is 112 cm³/mol. The van der Waals surface area contributed by atoms with Gasteiger partial charge in [0.25, 0.3) is 0 Å². The van der Waals surface area contributed by atoms with Gasteiger partial charge in [-0.3, -0.25) is 14.5 Å². The number of nitrogens with one attached hydrogen (secondary N) is 1. The molecule has 1 unspecified atom stereocenters. The van der Waals surface area contributed by atoms with E-state index in [9.17, 15) is 9.59 Å². The van der Waals surface area contributed by atoms with Gasteiger partial charge in [-0.2, -0.15) is 0 Å². The molecule has 1 saturated heterocycles. The normalized spacial score (nSPS) is 15.4. The highest BCUT2D eigenvalue weighted by molar-refractivity contribution is 7.18. The molecule has 150 valence electrons. The summed E-state index contributed by atoms with van der Waals surface area (Å²) in [5.74, 6) is 0.673. The van der Waals surface area contributed by atoms with Gasteiger partial charge < -0.3 is 10.1 Å². The SMILES string of the molecule is COc1ccc(C(CNC(=O)CCC(=O)c2ccc(Cl)s2)N2CCCC2)cc1. The van der Waals surface area contributed by atoms with Gasteiger partial charge in [-0.1, -0.05) is 23.7 Å². The third-order valence-corrected chi connectivity index (χ3v) is 6.27. The van der Waals surface area contributed by atoms with Crippen molar-refractivity contribution in [3.63, 3.8) is 0 Å². The van der Waals surface area contributed by atoms with Gasteiger partial charge in [-0.25, -0.2) is 0 Å². The molecule has 2 heterocycles. The maximum atomic E-state index is 12.3. The number of rotatable bonds is 9. The second kappa shape index (κ2) is 10.0. The molecule has 7 heteroatoms. The number of Topliss-reactive ketones (excluding diaryl/α,β-unsaturated/α-hetero) is 1. The van der Waals surface area contributed by atoms with Crippen molar-refractivity contribution in [3.8, 4) is 5.75 Å². The molecule has 3 rings (SSSR count). The number of ether oxygens (including phenoxy) is 1. The standard InChI is InChI=1S/C21H25ClN2O3S/c1-27-16-6-4-15(5-7-16)17(24-12-2-3-13-24)14-23-21(26)11-8-18(25)19-9-10-20(22)28-19/h4-7,9-10,17H,2-3,8,11-14H2,1H3,(H,23,26). The Kier molecular flexibility index (Phi) is 7.48. The van der Waals surface area contributed by atoms with Crippen molar-refractivity contribution in [1.29, 1.82) is 0 Å². The average Bonchev–Trinajstić information content (AvgIpc) is 3.39. The zero-order valence-electron chi connectivity index (χ0n) is 15.9. The van der Waals surface area contributed by atoms with E-state index in [-0.39, 0.29) is 30.6 Å². The van der Waals surface area contributed by atoms with Crippen LogP contribution >= 0.6 is 22.9 Å². The lowest BCUT2D eigenvalue weighted by Gasteiger charge is -2.28. The monoisotopic (exact) mass is 420 g/mol. The van der Waals surface area contributed by atoms with Crippen molar-refractivity contribution >= 4 is 34.6 Å². The van der Waals surface area contributed by atoms with Crippen molar-refractivity contribution in [2.45, 2.75) is 31.7 Å². The maximum Gasteiger partial charge on any atom is 0.220 e. The van der Waals surface area contributed by atoms with Crippen LogP contribution in [0.1, 0.15) is 47.0 Å². The first-order chi connectivity index (χ1) is 13.6. The molecule has 0 spiro atoms. The van der Waals surface area contributed by atoms with Crippen molar-refractivity contribution in [2.75, 3.05) is 26.7 Å². The maximum absolute atomic E-state index is 12.3.